The minimum atomic E-state index is -3.58. The maximum Gasteiger partial charge on any atom is 0.232 e. The Labute approximate surface area is 229 Å². The molecule has 198 valence electrons. The fourth-order valence-corrected chi connectivity index (χ4v) is 4.87. The molecule has 0 atom stereocenters. The van der Waals surface area contributed by atoms with Crippen LogP contribution in [0.15, 0.2) is 53.5 Å². The van der Waals surface area contributed by atoms with Gasteiger partial charge in [0, 0.05) is 51.8 Å². The second kappa shape index (κ2) is 10.6. The van der Waals surface area contributed by atoms with Crippen molar-refractivity contribution < 1.29 is 8.42 Å². The van der Waals surface area contributed by atoms with Gasteiger partial charge in [-0.15, -0.1) is 0 Å². The van der Waals surface area contributed by atoms with Crippen LogP contribution in [0.5, 0.6) is 0 Å². The summed E-state index contributed by atoms with van der Waals surface area (Å²) in [4.78, 5) is 26.8. The van der Waals surface area contributed by atoms with E-state index in [0.717, 1.165) is 43.9 Å². The number of piperazine rings is 1. The van der Waals surface area contributed by atoms with Gasteiger partial charge in [0.25, 0.3) is 0 Å². The van der Waals surface area contributed by atoms with Gasteiger partial charge in [-0.1, -0.05) is 0 Å². The first-order chi connectivity index (χ1) is 18.2. The van der Waals surface area contributed by atoms with Crippen LogP contribution < -0.4 is 19.8 Å². The van der Waals surface area contributed by atoms with Crippen LogP contribution >= 0.6 is 15.9 Å². The molecule has 1 fully saturated rings. The Bertz CT molecular complexity index is 1560. The topological polar surface area (TPSA) is 132 Å². The van der Waals surface area contributed by atoms with E-state index in [-0.39, 0.29) is 0 Å². The lowest BCUT2D eigenvalue weighted by molar-refractivity contribution is 0.312. The molecule has 1 saturated heterocycles. The summed E-state index contributed by atoms with van der Waals surface area (Å²) >= 11 is 3.49. The number of rotatable bonds is 7. The van der Waals surface area contributed by atoms with E-state index in [1.54, 1.807) is 30.7 Å². The Morgan fingerprint density at radius 1 is 0.947 bits per heavy atom. The molecule has 3 aromatic heterocycles. The number of pyridine rings is 1. The molecular weight excluding hydrogens is 572 g/mol. The highest BCUT2D eigenvalue weighted by Gasteiger charge is 2.22. The van der Waals surface area contributed by atoms with Gasteiger partial charge in [-0.25, -0.2) is 18.4 Å². The minimum Gasteiger partial charge on any atom is -0.354 e. The SMILES string of the molecule is CN1CCN(c2ccc(Nc3ncc(Br)c(Nc4ccc5nccnc5c4N(C)S(C)(=O)=O)n3)cn2)CC1. The number of sulfonamides is 1. The van der Waals surface area contributed by atoms with Crippen molar-refractivity contribution in [1.82, 2.24) is 29.8 Å². The van der Waals surface area contributed by atoms with Crippen molar-refractivity contribution in [3.63, 3.8) is 0 Å². The summed E-state index contributed by atoms with van der Waals surface area (Å²) < 4.78 is 26.6. The number of hydrogen-bond donors (Lipinski definition) is 2. The number of hydrogen-bond acceptors (Lipinski definition) is 11. The lowest BCUT2D eigenvalue weighted by Gasteiger charge is -2.33. The Morgan fingerprint density at radius 2 is 1.71 bits per heavy atom. The lowest BCUT2D eigenvalue weighted by atomic mass is 10.2. The average Bonchev–Trinajstić information content (AvgIpc) is 2.90. The van der Waals surface area contributed by atoms with Crippen LogP contribution in [0.25, 0.3) is 11.0 Å². The maximum absolute atomic E-state index is 12.4. The van der Waals surface area contributed by atoms with Crippen LogP contribution in [0.4, 0.5) is 34.6 Å². The zero-order chi connectivity index (χ0) is 26.9. The van der Waals surface area contributed by atoms with Crippen LogP contribution in [0.2, 0.25) is 0 Å². The summed E-state index contributed by atoms with van der Waals surface area (Å²) in [5.74, 6) is 1.73. The number of fused-ring (bicyclic) bond motifs is 1. The molecule has 5 rings (SSSR count). The van der Waals surface area contributed by atoms with Crippen molar-refractivity contribution in [2.45, 2.75) is 0 Å². The minimum absolute atomic E-state index is 0.350. The summed E-state index contributed by atoms with van der Waals surface area (Å²) in [5.41, 5.74) is 2.62. The molecule has 0 aliphatic carbocycles. The number of anilines is 6. The fourth-order valence-electron chi connectivity index (χ4n) is 4.06. The standard InChI is InChI=1S/C24H27BrN10O2S/c1-33-10-12-35(13-11-33)20-7-4-16(14-28-20)30-24-29-15-17(25)23(32-24)31-19-6-5-18-21(27-9-8-26-18)22(19)34(2)38(3,36)37/h4-9,14-15H,10-13H2,1-3H3,(H2,29,30,31,32). The normalized spacial score (nSPS) is 14.5. The molecule has 0 saturated carbocycles. The summed E-state index contributed by atoms with van der Waals surface area (Å²) in [6, 6.07) is 7.44. The molecule has 4 aromatic rings. The number of nitrogens with one attached hydrogen (secondary N) is 2. The Balaban J connectivity index is 1.40. The Kier molecular flexibility index (Phi) is 7.27. The number of aromatic nitrogens is 5. The average molecular weight is 600 g/mol. The highest BCUT2D eigenvalue weighted by molar-refractivity contribution is 9.10. The molecule has 1 aliphatic rings. The van der Waals surface area contributed by atoms with Crippen molar-refractivity contribution in [3.8, 4) is 0 Å². The Morgan fingerprint density at radius 3 is 2.42 bits per heavy atom. The molecule has 0 radical (unpaired) electrons. The van der Waals surface area contributed by atoms with Gasteiger partial charge < -0.3 is 20.4 Å². The molecule has 4 heterocycles. The molecular formula is C24H27BrN10O2S. The van der Waals surface area contributed by atoms with Crippen LogP contribution in [0, 0.1) is 0 Å². The van der Waals surface area contributed by atoms with Crippen LogP contribution in [-0.2, 0) is 10.0 Å². The molecule has 0 bridgehead atoms. The fraction of sp³-hybridized carbons (Fsp3) is 0.292. The molecule has 1 aromatic carbocycles. The number of benzene rings is 1. The van der Waals surface area contributed by atoms with Crippen LogP contribution in [-0.4, -0.2) is 84.8 Å². The van der Waals surface area contributed by atoms with Crippen molar-refractivity contribution in [3.05, 3.63) is 53.5 Å². The molecule has 2 N–H and O–H groups in total. The third kappa shape index (κ3) is 5.61. The first kappa shape index (κ1) is 26.0. The quantitative estimate of drug-likeness (QED) is 0.325. The van der Waals surface area contributed by atoms with E-state index in [9.17, 15) is 8.42 Å². The summed E-state index contributed by atoms with van der Waals surface area (Å²) in [6.07, 6.45) is 7.60. The van der Waals surface area contributed by atoms with Crippen molar-refractivity contribution in [2.24, 2.45) is 0 Å². The van der Waals surface area contributed by atoms with Crippen LogP contribution in [0.1, 0.15) is 0 Å². The van der Waals surface area contributed by atoms with E-state index < -0.39 is 10.0 Å². The first-order valence-electron chi connectivity index (χ1n) is 11.8. The third-order valence-electron chi connectivity index (χ3n) is 6.25. The number of likely N-dealkylation sites (N-methyl/N-ethyl adjacent to an activating group) is 1. The second-order valence-corrected chi connectivity index (χ2v) is 11.8. The number of halogens is 1. The van der Waals surface area contributed by atoms with Gasteiger partial charge in [0.15, 0.2) is 0 Å². The van der Waals surface area contributed by atoms with Gasteiger partial charge in [-0.3, -0.25) is 14.3 Å². The molecule has 14 heteroatoms. The lowest BCUT2D eigenvalue weighted by Crippen LogP contribution is -2.44. The molecule has 38 heavy (non-hydrogen) atoms. The zero-order valence-electron chi connectivity index (χ0n) is 21.1. The van der Waals surface area contributed by atoms with E-state index in [4.69, 9.17) is 0 Å². The molecule has 0 amide bonds. The van der Waals surface area contributed by atoms with Crippen LogP contribution in [0.3, 0.4) is 0 Å². The summed E-state index contributed by atoms with van der Waals surface area (Å²) in [6.45, 7) is 3.90. The van der Waals surface area contributed by atoms with E-state index in [0.29, 0.717) is 38.6 Å². The number of nitrogens with zero attached hydrogens (tertiary/aromatic N) is 8. The van der Waals surface area contributed by atoms with Gasteiger partial charge in [0.05, 0.1) is 33.8 Å². The van der Waals surface area contributed by atoms with E-state index in [2.05, 4.69) is 68.3 Å². The van der Waals surface area contributed by atoms with E-state index >= 15 is 0 Å². The van der Waals surface area contributed by atoms with Crippen molar-refractivity contribution >= 4 is 71.6 Å². The molecule has 1 aliphatic heterocycles. The molecule has 0 spiro atoms. The van der Waals surface area contributed by atoms with Gasteiger partial charge in [0.1, 0.15) is 22.8 Å². The largest absolute Gasteiger partial charge is 0.354 e. The molecule has 0 unspecified atom stereocenters. The van der Waals surface area contributed by atoms with E-state index in [1.807, 2.05) is 12.1 Å². The van der Waals surface area contributed by atoms with Gasteiger partial charge in [0.2, 0.25) is 16.0 Å². The Hall–Kier alpha value is -3.62. The van der Waals surface area contributed by atoms with Crippen molar-refractivity contribution in [2.75, 3.05) is 66.4 Å². The third-order valence-corrected chi connectivity index (χ3v) is 8.01. The van der Waals surface area contributed by atoms with Gasteiger partial charge >= 0.3 is 0 Å². The van der Waals surface area contributed by atoms with Gasteiger partial charge in [-0.05, 0) is 47.2 Å². The summed E-state index contributed by atoms with van der Waals surface area (Å²) in [5, 5.41) is 6.41. The first-order valence-corrected chi connectivity index (χ1v) is 14.5. The van der Waals surface area contributed by atoms with Crippen molar-refractivity contribution in [1.29, 1.82) is 0 Å². The smallest absolute Gasteiger partial charge is 0.232 e. The monoisotopic (exact) mass is 598 g/mol. The van der Waals surface area contributed by atoms with Gasteiger partial charge in [-0.2, -0.15) is 4.98 Å². The summed E-state index contributed by atoms with van der Waals surface area (Å²) in [7, 11) is 0.0203. The predicted molar refractivity (Wildman–Crippen MR) is 153 cm³/mol. The maximum atomic E-state index is 12.4. The molecule has 12 nitrogen and oxygen atoms in total. The second-order valence-electron chi connectivity index (χ2n) is 8.95. The predicted octanol–water partition coefficient (Wildman–Crippen LogP) is 3.21. The van der Waals surface area contributed by atoms with E-state index in [1.165, 1.54) is 17.5 Å². The highest BCUT2D eigenvalue weighted by atomic mass is 79.9. The zero-order valence-corrected chi connectivity index (χ0v) is 23.5. The highest BCUT2D eigenvalue weighted by Crippen LogP contribution is 2.36.